The van der Waals surface area contributed by atoms with Crippen LogP contribution in [0.4, 0.5) is 0 Å². The fraction of sp³-hybridized carbons (Fsp3) is 0.435. The summed E-state index contributed by atoms with van der Waals surface area (Å²) in [4.78, 5) is 12.9. The maximum atomic E-state index is 12.9. The van der Waals surface area contributed by atoms with Gasteiger partial charge in [0.05, 0.1) is 18.1 Å². The van der Waals surface area contributed by atoms with E-state index in [1.165, 1.54) is 5.56 Å². The zero-order chi connectivity index (χ0) is 19.6. The van der Waals surface area contributed by atoms with Gasteiger partial charge in [-0.25, -0.2) is 0 Å². The molecule has 4 heteroatoms. The van der Waals surface area contributed by atoms with Crippen LogP contribution in [0.1, 0.15) is 43.5 Å². The van der Waals surface area contributed by atoms with Crippen LogP contribution < -0.4 is 5.73 Å². The zero-order valence-electron chi connectivity index (χ0n) is 16.5. The number of aryl methyl sites for hydroxylation is 1. The van der Waals surface area contributed by atoms with Crippen LogP contribution in [-0.2, 0) is 20.7 Å². The monoisotopic (exact) mass is 367 g/mol. The van der Waals surface area contributed by atoms with E-state index in [1.54, 1.807) is 0 Å². The standard InChI is InChI=1S/C23H29NO3/c1-15-10-12-17(13-11-15)19(24)21-20(26-21)18(22(25)27-23(2,3)4)14-16-8-6-5-7-9-16/h5-13,18-21H,14,24H2,1-4H3. The first-order valence-corrected chi connectivity index (χ1v) is 9.49. The van der Waals surface area contributed by atoms with Gasteiger partial charge < -0.3 is 15.2 Å². The molecule has 1 aliphatic rings. The number of carbonyl (C=O) groups is 1. The Bertz CT molecular complexity index is 764. The average molecular weight is 367 g/mol. The predicted octanol–water partition coefficient (Wildman–Crippen LogP) is 3.96. The van der Waals surface area contributed by atoms with Crippen molar-refractivity contribution in [1.29, 1.82) is 0 Å². The van der Waals surface area contributed by atoms with Crippen molar-refractivity contribution in [1.82, 2.24) is 0 Å². The maximum Gasteiger partial charge on any atom is 0.312 e. The van der Waals surface area contributed by atoms with Crippen LogP contribution in [0.15, 0.2) is 54.6 Å². The molecule has 2 aromatic rings. The van der Waals surface area contributed by atoms with Gasteiger partial charge in [-0.15, -0.1) is 0 Å². The van der Waals surface area contributed by atoms with Gasteiger partial charge in [0.2, 0.25) is 0 Å². The van der Waals surface area contributed by atoms with E-state index in [4.69, 9.17) is 15.2 Å². The summed E-state index contributed by atoms with van der Waals surface area (Å²) in [6.07, 6.45) is 0.183. The number of esters is 1. The van der Waals surface area contributed by atoms with E-state index in [1.807, 2.05) is 82.3 Å². The molecule has 4 nitrogen and oxygen atoms in total. The molecule has 4 unspecified atom stereocenters. The van der Waals surface area contributed by atoms with E-state index >= 15 is 0 Å². The van der Waals surface area contributed by atoms with Crippen LogP contribution in [0.2, 0.25) is 0 Å². The summed E-state index contributed by atoms with van der Waals surface area (Å²) in [6.45, 7) is 7.69. The molecule has 1 fully saturated rings. The first kappa shape index (κ1) is 19.6. The molecular weight excluding hydrogens is 338 g/mol. The molecule has 2 aromatic carbocycles. The summed E-state index contributed by atoms with van der Waals surface area (Å²) in [6, 6.07) is 17.9. The second kappa shape index (κ2) is 7.83. The van der Waals surface area contributed by atoms with Crippen LogP contribution >= 0.6 is 0 Å². The predicted molar refractivity (Wildman–Crippen MR) is 106 cm³/mol. The van der Waals surface area contributed by atoms with Gasteiger partial charge >= 0.3 is 5.97 Å². The average Bonchev–Trinajstić information content (AvgIpc) is 3.39. The highest BCUT2D eigenvalue weighted by atomic mass is 16.6. The fourth-order valence-electron chi connectivity index (χ4n) is 3.31. The van der Waals surface area contributed by atoms with Crippen LogP contribution in [0, 0.1) is 12.8 Å². The molecule has 0 amide bonds. The molecular formula is C23H29NO3. The first-order valence-electron chi connectivity index (χ1n) is 9.49. The van der Waals surface area contributed by atoms with E-state index in [0.29, 0.717) is 6.42 Å². The number of hydrogen-bond donors (Lipinski definition) is 1. The molecule has 1 heterocycles. The molecule has 1 saturated heterocycles. The van der Waals surface area contributed by atoms with Crippen LogP contribution in [-0.4, -0.2) is 23.8 Å². The number of rotatable bonds is 6. The lowest BCUT2D eigenvalue weighted by Gasteiger charge is -2.23. The van der Waals surface area contributed by atoms with Crippen molar-refractivity contribution >= 4 is 5.97 Å². The Hall–Kier alpha value is -2.17. The lowest BCUT2D eigenvalue weighted by Crippen LogP contribution is -2.34. The van der Waals surface area contributed by atoms with Crippen molar-refractivity contribution in [2.24, 2.45) is 11.7 Å². The van der Waals surface area contributed by atoms with Gasteiger partial charge in [-0.05, 0) is 45.2 Å². The lowest BCUT2D eigenvalue weighted by molar-refractivity contribution is -0.160. The van der Waals surface area contributed by atoms with Crippen LogP contribution in [0.25, 0.3) is 0 Å². The third-order valence-corrected chi connectivity index (χ3v) is 4.78. The van der Waals surface area contributed by atoms with Crippen molar-refractivity contribution in [3.8, 4) is 0 Å². The lowest BCUT2D eigenvalue weighted by atomic mass is 9.91. The third kappa shape index (κ3) is 5.18. The maximum absolute atomic E-state index is 12.9. The molecule has 0 saturated carbocycles. The van der Waals surface area contributed by atoms with Gasteiger partial charge in [-0.2, -0.15) is 0 Å². The Kier molecular flexibility index (Phi) is 5.68. The molecule has 1 aliphatic heterocycles. The summed E-state index contributed by atoms with van der Waals surface area (Å²) in [5, 5.41) is 0. The molecule has 0 spiro atoms. The Labute approximate surface area is 161 Å². The Morgan fingerprint density at radius 1 is 1.07 bits per heavy atom. The minimum absolute atomic E-state index is 0.172. The van der Waals surface area contributed by atoms with Gasteiger partial charge in [-0.1, -0.05) is 60.2 Å². The topological polar surface area (TPSA) is 64.8 Å². The van der Waals surface area contributed by atoms with E-state index in [9.17, 15) is 4.79 Å². The Morgan fingerprint density at radius 3 is 2.30 bits per heavy atom. The minimum atomic E-state index is -0.532. The van der Waals surface area contributed by atoms with Crippen molar-refractivity contribution in [3.63, 3.8) is 0 Å². The van der Waals surface area contributed by atoms with Crippen molar-refractivity contribution in [3.05, 3.63) is 71.3 Å². The summed E-state index contributed by atoms with van der Waals surface area (Å²) < 4.78 is 11.6. The highest BCUT2D eigenvalue weighted by Crippen LogP contribution is 2.40. The molecule has 0 radical (unpaired) electrons. The van der Waals surface area contributed by atoms with Crippen LogP contribution in [0.3, 0.4) is 0 Å². The van der Waals surface area contributed by atoms with Gasteiger partial charge in [0.25, 0.3) is 0 Å². The van der Waals surface area contributed by atoms with Gasteiger partial charge in [0.15, 0.2) is 0 Å². The number of ether oxygens (including phenoxy) is 2. The molecule has 144 valence electrons. The van der Waals surface area contributed by atoms with Gasteiger partial charge in [0.1, 0.15) is 11.7 Å². The molecule has 0 aromatic heterocycles. The summed E-state index contributed by atoms with van der Waals surface area (Å²) in [5.41, 5.74) is 9.19. The Morgan fingerprint density at radius 2 is 1.70 bits per heavy atom. The minimum Gasteiger partial charge on any atom is -0.460 e. The molecule has 27 heavy (non-hydrogen) atoms. The highest BCUT2D eigenvalue weighted by molar-refractivity contribution is 5.74. The van der Waals surface area contributed by atoms with Gasteiger partial charge in [0, 0.05) is 0 Å². The number of benzene rings is 2. The first-order chi connectivity index (χ1) is 12.7. The number of carbonyl (C=O) groups excluding carboxylic acids is 1. The second-order valence-corrected chi connectivity index (χ2v) is 8.33. The van der Waals surface area contributed by atoms with E-state index in [0.717, 1.165) is 11.1 Å². The van der Waals surface area contributed by atoms with Crippen molar-refractivity contribution in [2.45, 2.75) is 58.0 Å². The SMILES string of the molecule is Cc1ccc(C(N)C2OC2C(Cc2ccccc2)C(=O)OC(C)(C)C)cc1. The van der Waals surface area contributed by atoms with E-state index in [-0.39, 0.29) is 30.1 Å². The van der Waals surface area contributed by atoms with Gasteiger partial charge in [-0.3, -0.25) is 4.79 Å². The van der Waals surface area contributed by atoms with E-state index < -0.39 is 5.60 Å². The number of epoxide rings is 1. The zero-order valence-corrected chi connectivity index (χ0v) is 16.5. The summed E-state index contributed by atoms with van der Waals surface area (Å²) in [7, 11) is 0. The second-order valence-electron chi connectivity index (χ2n) is 8.33. The van der Waals surface area contributed by atoms with E-state index in [2.05, 4.69) is 0 Å². The van der Waals surface area contributed by atoms with Crippen molar-refractivity contribution < 1.29 is 14.3 Å². The molecule has 0 aliphatic carbocycles. The third-order valence-electron chi connectivity index (χ3n) is 4.78. The number of hydrogen-bond acceptors (Lipinski definition) is 4. The normalized spacial score (nSPS) is 21.4. The van der Waals surface area contributed by atoms with Crippen LogP contribution in [0.5, 0.6) is 0 Å². The number of nitrogens with two attached hydrogens (primary N) is 1. The largest absolute Gasteiger partial charge is 0.460 e. The molecule has 3 rings (SSSR count). The molecule has 0 bridgehead atoms. The smallest absolute Gasteiger partial charge is 0.312 e. The van der Waals surface area contributed by atoms with Crippen molar-refractivity contribution in [2.75, 3.05) is 0 Å². The highest BCUT2D eigenvalue weighted by Gasteiger charge is 2.52. The quantitative estimate of drug-likeness (QED) is 0.620. The summed E-state index contributed by atoms with van der Waals surface area (Å²) in [5.74, 6) is -0.594. The fourth-order valence-corrected chi connectivity index (χ4v) is 3.31. The molecule has 2 N–H and O–H groups in total. The summed E-state index contributed by atoms with van der Waals surface area (Å²) >= 11 is 0. The molecule has 4 atom stereocenters. The Balaban J connectivity index is 1.75.